The predicted molar refractivity (Wildman–Crippen MR) is 158 cm³/mol. The summed E-state index contributed by atoms with van der Waals surface area (Å²) in [5.74, 6) is -2.02. The maximum Gasteiger partial charge on any atom is 0.338 e. The zero-order chi connectivity index (χ0) is 34.1. The van der Waals surface area contributed by atoms with Gasteiger partial charge in [0.05, 0.1) is 61.3 Å². The number of rotatable bonds is 12. The highest BCUT2D eigenvalue weighted by atomic mass is 16.7. The van der Waals surface area contributed by atoms with Gasteiger partial charge in [0.15, 0.2) is 18.7 Å². The number of azide groups is 4. The Hall–Kier alpha value is -4.35. The second-order valence-electron chi connectivity index (χ2n) is 11.3. The van der Waals surface area contributed by atoms with E-state index >= 15 is 0 Å². The molecule has 0 radical (unpaired) electrons. The summed E-state index contributed by atoms with van der Waals surface area (Å²) >= 11 is 0. The molecule has 2 aliphatic heterocycles. The van der Waals surface area contributed by atoms with Gasteiger partial charge in [-0.3, -0.25) is 0 Å². The molecule has 1 aromatic carbocycles. The first-order chi connectivity index (χ1) is 22.7. The molecule has 3 aliphatic rings. The number of aliphatic hydroxyl groups is 3. The average molecular weight is 659 g/mol. The molecule has 21 heteroatoms. The third-order valence-electron chi connectivity index (χ3n) is 8.57. The third kappa shape index (κ3) is 7.97. The van der Waals surface area contributed by atoms with Crippen molar-refractivity contribution in [2.45, 2.75) is 93.7 Å². The number of ether oxygens (including phenoxy) is 5. The maximum atomic E-state index is 13.0. The lowest BCUT2D eigenvalue weighted by atomic mass is 9.83. The van der Waals surface area contributed by atoms with E-state index in [1.165, 1.54) is 0 Å². The minimum Gasteiger partial charge on any atom is -0.453 e. The van der Waals surface area contributed by atoms with Crippen molar-refractivity contribution in [3.8, 4) is 0 Å². The number of benzene rings is 1. The van der Waals surface area contributed by atoms with Crippen molar-refractivity contribution in [1.29, 1.82) is 0 Å². The molecule has 5 unspecified atom stereocenters. The average Bonchev–Trinajstić information content (AvgIpc) is 3.36. The van der Waals surface area contributed by atoms with Gasteiger partial charge in [0.2, 0.25) is 0 Å². The molecule has 1 aromatic rings. The second-order valence-corrected chi connectivity index (χ2v) is 11.3. The lowest BCUT2D eigenvalue weighted by molar-refractivity contribution is -0.294. The van der Waals surface area contributed by atoms with E-state index < -0.39 is 97.8 Å². The van der Waals surface area contributed by atoms with Crippen molar-refractivity contribution in [2.24, 2.45) is 32.3 Å². The van der Waals surface area contributed by atoms with Crippen LogP contribution < -0.4 is 0 Å². The van der Waals surface area contributed by atoms with Gasteiger partial charge in [0, 0.05) is 25.6 Å². The summed E-state index contributed by atoms with van der Waals surface area (Å²) in [6, 6.07) is 4.68. The fourth-order valence-electron chi connectivity index (χ4n) is 5.97. The Morgan fingerprint density at radius 1 is 0.830 bits per heavy atom. The van der Waals surface area contributed by atoms with E-state index in [1.807, 2.05) is 0 Å². The van der Waals surface area contributed by atoms with Gasteiger partial charge < -0.3 is 39.0 Å². The van der Waals surface area contributed by atoms with Crippen LogP contribution in [0.3, 0.4) is 0 Å². The molecule has 1 aliphatic carbocycles. The summed E-state index contributed by atoms with van der Waals surface area (Å²) in [5.41, 5.74) is 36.9. The Bertz CT molecular complexity index is 1430. The molecule has 1 saturated carbocycles. The molecule has 47 heavy (non-hydrogen) atoms. The molecule has 21 nitrogen and oxygen atoms in total. The van der Waals surface area contributed by atoms with E-state index in [0.717, 1.165) is 0 Å². The van der Waals surface area contributed by atoms with Crippen molar-refractivity contribution in [3.63, 3.8) is 0 Å². The first-order valence-corrected chi connectivity index (χ1v) is 14.7. The van der Waals surface area contributed by atoms with Crippen LogP contribution in [0, 0.1) is 11.8 Å². The Kier molecular flexibility index (Phi) is 12.4. The second kappa shape index (κ2) is 16.5. The molecule has 2 heterocycles. The summed E-state index contributed by atoms with van der Waals surface area (Å²) in [6.45, 7) is 2.51. The van der Waals surface area contributed by atoms with E-state index in [1.54, 1.807) is 44.2 Å². The van der Waals surface area contributed by atoms with Crippen LogP contribution in [0.25, 0.3) is 41.8 Å². The molecule has 0 amide bonds. The van der Waals surface area contributed by atoms with Crippen LogP contribution in [-0.2, 0) is 23.7 Å². The lowest BCUT2D eigenvalue weighted by Gasteiger charge is -2.47. The molecule has 14 atom stereocenters. The Labute approximate surface area is 266 Å². The van der Waals surface area contributed by atoms with Crippen molar-refractivity contribution in [1.82, 2.24) is 0 Å². The van der Waals surface area contributed by atoms with Crippen LogP contribution in [0.5, 0.6) is 0 Å². The van der Waals surface area contributed by atoms with Crippen LogP contribution in [0.2, 0.25) is 0 Å². The molecule has 4 rings (SSSR count). The molecule has 252 valence electrons. The zero-order valence-corrected chi connectivity index (χ0v) is 25.2. The highest BCUT2D eigenvalue weighted by Gasteiger charge is 2.53. The standard InChI is InChI=1S/C26H34N12O9/c1-11-16(9-31-35-27)43-26(21(11)45-24(42)13-6-4-3-5-7-13)47-23-15(33-37-29)8-14(32-36-28)22(20(23)41)46-25-18(34-38-30)12(2)19(40)17(10-39)44-25/h3-7,11-12,14-23,25-26,39-41H,8-10H2,1-2H3/t11-,12?,14?,15+,16+,17?,18-,19-,20?,21?,22+,23+,25+,26-/m0/s1. The lowest BCUT2D eigenvalue weighted by Crippen LogP contribution is -2.61. The van der Waals surface area contributed by atoms with E-state index in [2.05, 4.69) is 40.1 Å². The monoisotopic (exact) mass is 658 g/mol. The summed E-state index contributed by atoms with van der Waals surface area (Å²) in [5, 5.41) is 46.7. The van der Waals surface area contributed by atoms with Crippen LogP contribution in [0.15, 0.2) is 50.8 Å². The fraction of sp³-hybridized carbons (Fsp3) is 0.731. The molecule has 0 aromatic heterocycles. The van der Waals surface area contributed by atoms with Gasteiger partial charge in [-0.05, 0) is 46.6 Å². The molecule has 0 bridgehead atoms. The van der Waals surface area contributed by atoms with Crippen molar-refractivity contribution >= 4 is 5.97 Å². The Morgan fingerprint density at radius 3 is 2.00 bits per heavy atom. The first kappa shape index (κ1) is 35.5. The van der Waals surface area contributed by atoms with Gasteiger partial charge in [0.25, 0.3) is 0 Å². The highest BCUT2D eigenvalue weighted by Crippen LogP contribution is 2.38. The molecular formula is C26H34N12O9. The maximum absolute atomic E-state index is 13.0. The summed E-state index contributed by atoms with van der Waals surface area (Å²) in [4.78, 5) is 24.3. The van der Waals surface area contributed by atoms with Crippen LogP contribution >= 0.6 is 0 Å². The van der Waals surface area contributed by atoms with Gasteiger partial charge in [-0.15, -0.1) is 0 Å². The first-order valence-electron chi connectivity index (χ1n) is 14.7. The van der Waals surface area contributed by atoms with Crippen LogP contribution in [0.4, 0.5) is 0 Å². The van der Waals surface area contributed by atoms with E-state index in [0.29, 0.717) is 0 Å². The van der Waals surface area contributed by atoms with Gasteiger partial charge in [-0.25, -0.2) is 4.79 Å². The third-order valence-corrected chi connectivity index (χ3v) is 8.57. The van der Waals surface area contributed by atoms with Crippen LogP contribution in [0.1, 0.15) is 30.6 Å². The summed E-state index contributed by atoms with van der Waals surface area (Å²) in [7, 11) is 0. The number of aliphatic hydroxyl groups excluding tert-OH is 3. The van der Waals surface area contributed by atoms with Crippen LogP contribution in [-0.4, -0.2) is 108 Å². The Morgan fingerprint density at radius 2 is 1.43 bits per heavy atom. The number of carbonyl (C=O) groups is 1. The van der Waals surface area contributed by atoms with E-state index in [4.69, 9.17) is 34.7 Å². The van der Waals surface area contributed by atoms with Gasteiger partial charge in [0.1, 0.15) is 12.2 Å². The number of carbonyl (C=O) groups excluding carboxylic acids is 1. The minimum atomic E-state index is -1.72. The number of nitrogens with zero attached hydrogens (tertiary/aromatic N) is 12. The SMILES string of the molecule is CC1[C@H](O)C(CO)O[C@H](O[C@@H]2C(N=[N+]=[N-])C[C@@H](N=[N+]=[N-])[C@@H](O[C@@H]3O[C@H](CN=[N+]=[N-])[C@H](C)C3OC(=O)c3ccccc3)C2O)[C@H]1N=[N+]=[N-]. The number of esters is 1. The number of hydrogen-bond acceptors (Lipinski definition) is 13. The number of hydrogen-bond donors (Lipinski definition) is 3. The molecule has 2 saturated heterocycles. The Balaban J connectivity index is 1.65. The zero-order valence-electron chi connectivity index (χ0n) is 25.2. The van der Waals surface area contributed by atoms with Crippen molar-refractivity contribution < 1.29 is 43.8 Å². The van der Waals surface area contributed by atoms with Crippen molar-refractivity contribution in [2.75, 3.05) is 13.2 Å². The summed E-state index contributed by atoms with van der Waals surface area (Å²) in [6.07, 6.45) is -11.7. The molecular weight excluding hydrogens is 624 g/mol. The largest absolute Gasteiger partial charge is 0.453 e. The van der Waals surface area contributed by atoms with Gasteiger partial charge >= 0.3 is 5.97 Å². The smallest absolute Gasteiger partial charge is 0.338 e. The minimum absolute atomic E-state index is 0.134. The topological polar surface area (TPSA) is 319 Å². The predicted octanol–water partition coefficient (Wildman–Crippen LogP) is 3.17. The molecule has 3 N–H and O–H groups in total. The van der Waals surface area contributed by atoms with E-state index in [-0.39, 0.29) is 18.5 Å². The van der Waals surface area contributed by atoms with E-state index in [9.17, 15) is 31.2 Å². The quantitative estimate of drug-likeness (QED) is 0.128. The van der Waals surface area contributed by atoms with Gasteiger partial charge in [-0.2, -0.15) is 0 Å². The molecule has 0 spiro atoms. The van der Waals surface area contributed by atoms with Gasteiger partial charge in [-0.1, -0.05) is 52.5 Å². The highest BCUT2D eigenvalue weighted by molar-refractivity contribution is 5.89. The normalized spacial score (nSPS) is 38.1. The fourth-order valence-corrected chi connectivity index (χ4v) is 5.97. The summed E-state index contributed by atoms with van der Waals surface area (Å²) < 4.78 is 29.7. The molecule has 3 fully saturated rings. The van der Waals surface area contributed by atoms with Crippen molar-refractivity contribution in [3.05, 3.63) is 77.7 Å².